The van der Waals surface area contributed by atoms with Crippen LogP contribution in [-0.4, -0.2) is 37.2 Å². The SMILES string of the molecule is CCN(CC)c1ccc(N(CCC(=O)Nc2ccc(C(C)=O)cc2)C(C)=O)cc1. The van der Waals surface area contributed by atoms with E-state index in [9.17, 15) is 14.4 Å². The summed E-state index contributed by atoms with van der Waals surface area (Å²) in [6.07, 6.45) is 0.172. The summed E-state index contributed by atoms with van der Waals surface area (Å²) in [7, 11) is 0. The molecule has 0 saturated heterocycles. The molecule has 0 unspecified atom stereocenters. The Morgan fingerprint density at radius 3 is 1.86 bits per heavy atom. The van der Waals surface area contributed by atoms with Gasteiger partial charge in [0.25, 0.3) is 0 Å². The van der Waals surface area contributed by atoms with Gasteiger partial charge in [-0.1, -0.05) is 0 Å². The molecule has 2 amide bonds. The number of anilines is 3. The number of rotatable bonds is 9. The lowest BCUT2D eigenvalue weighted by molar-refractivity contribution is -0.117. The molecule has 0 saturated carbocycles. The van der Waals surface area contributed by atoms with Crippen LogP contribution in [0.4, 0.5) is 17.1 Å². The van der Waals surface area contributed by atoms with E-state index in [1.54, 1.807) is 29.2 Å². The van der Waals surface area contributed by atoms with Crippen LogP contribution in [0, 0.1) is 0 Å². The van der Waals surface area contributed by atoms with E-state index in [1.165, 1.54) is 13.8 Å². The Labute approximate surface area is 172 Å². The van der Waals surface area contributed by atoms with E-state index in [2.05, 4.69) is 24.1 Å². The molecule has 0 spiro atoms. The highest BCUT2D eigenvalue weighted by Gasteiger charge is 2.14. The van der Waals surface area contributed by atoms with E-state index in [0.717, 1.165) is 24.5 Å². The van der Waals surface area contributed by atoms with Crippen LogP contribution in [-0.2, 0) is 9.59 Å². The monoisotopic (exact) mass is 395 g/mol. The van der Waals surface area contributed by atoms with Crippen molar-refractivity contribution in [2.75, 3.05) is 34.8 Å². The zero-order chi connectivity index (χ0) is 21.4. The van der Waals surface area contributed by atoms with E-state index in [0.29, 0.717) is 11.3 Å². The normalized spacial score (nSPS) is 10.3. The average Bonchev–Trinajstić information content (AvgIpc) is 2.70. The number of benzene rings is 2. The summed E-state index contributed by atoms with van der Waals surface area (Å²) in [4.78, 5) is 39.5. The molecule has 6 heteroatoms. The lowest BCUT2D eigenvalue weighted by Gasteiger charge is -2.24. The van der Waals surface area contributed by atoms with Crippen LogP contribution in [0.1, 0.15) is 44.5 Å². The number of nitrogens with one attached hydrogen (secondary N) is 1. The molecule has 2 rings (SSSR count). The summed E-state index contributed by atoms with van der Waals surface area (Å²) in [5.41, 5.74) is 3.10. The van der Waals surface area contributed by atoms with E-state index < -0.39 is 0 Å². The minimum absolute atomic E-state index is 0.0213. The van der Waals surface area contributed by atoms with Crippen molar-refractivity contribution >= 4 is 34.7 Å². The van der Waals surface area contributed by atoms with Crippen molar-refractivity contribution in [3.8, 4) is 0 Å². The molecule has 0 atom stereocenters. The van der Waals surface area contributed by atoms with Gasteiger partial charge in [-0.2, -0.15) is 0 Å². The van der Waals surface area contributed by atoms with Crippen LogP contribution < -0.4 is 15.1 Å². The second-order valence-corrected chi connectivity index (χ2v) is 6.79. The highest BCUT2D eigenvalue weighted by Crippen LogP contribution is 2.21. The van der Waals surface area contributed by atoms with E-state index in [1.807, 2.05) is 24.3 Å². The molecule has 1 N–H and O–H groups in total. The van der Waals surface area contributed by atoms with E-state index in [-0.39, 0.29) is 30.6 Å². The van der Waals surface area contributed by atoms with Gasteiger partial charge in [0.05, 0.1) is 0 Å². The molecule has 6 nitrogen and oxygen atoms in total. The second-order valence-electron chi connectivity index (χ2n) is 6.79. The van der Waals surface area contributed by atoms with Gasteiger partial charge in [-0.3, -0.25) is 14.4 Å². The van der Waals surface area contributed by atoms with Gasteiger partial charge in [0, 0.05) is 55.6 Å². The summed E-state index contributed by atoms with van der Waals surface area (Å²) < 4.78 is 0. The van der Waals surface area contributed by atoms with Gasteiger partial charge in [0.2, 0.25) is 11.8 Å². The van der Waals surface area contributed by atoms with Crippen molar-refractivity contribution in [1.82, 2.24) is 0 Å². The molecular weight excluding hydrogens is 366 g/mol. The van der Waals surface area contributed by atoms with Gasteiger partial charge in [0.15, 0.2) is 5.78 Å². The predicted octanol–water partition coefficient (Wildman–Crippen LogP) is 4.12. The average molecular weight is 396 g/mol. The largest absolute Gasteiger partial charge is 0.372 e. The fourth-order valence-corrected chi connectivity index (χ4v) is 3.13. The van der Waals surface area contributed by atoms with Crippen molar-refractivity contribution in [2.24, 2.45) is 0 Å². The maximum absolute atomic E-state index is 12.3. The topological polar surface area (TPSA) is 69.7 Å². The number of Topliss-reactive ketones (excluding diaryl/α,β-unsaturated/α-hetero) is 1. The number of hydrogen-bond donors (Lipinski definition) is 1. The Kier molecular flexibility index (Phi) is 7.95. The highest BCUT2D eigenvalue weighted by molar-refractivity contribution is 5.96. The first-order valence-electron chi connectivity index (χ1n) is 9.89. The van der Waals surface area contributed by atoms with Crippen molar-refractivity contribution < 1.29 is 14.4 Å². The molecule has 0 bridgehead atoms. The zero-order valence-corrected chi connectivity index (χ0v) is 17.6. The molecule has 0 aromatic heterocycles. The first-order valence-corrected chi connectivity index (χ1v) is 9.89. The van der Waals surface area contributed by atoms with Crippen molar-refractivity contribution in [2.45, 2.75) is 34.1 Å². The third-order valence-electron chi connectivity index (χ3n) is 4.81. The Balaban J connectivity index is 1.99. The third-order valence-corrected chi connectivity index (χ3v) is 4.81. The quantitative estimate of drug-likeness (QED) is 0.649. The Hall–Kier alpha value is -3.15. The molecule has 29 heavy (non-hydrogen) atoms. The predicted molar refractivity (Wildman–Crippen MR) is 118 cm³/mol. The summed E-state index contributed by atoms with van der Waals surface area (Å²) >= 11 is 0. The second kappa shape index (κ2) is 10.4. The molecule has 0 fully saturated rings. The smallest absolute Gasteiger partial charge is 0.226 e. The summed E-state index contributed by atoms with van der Waals surface area (Å²) in [6, 6.07) is 14.6. The maximum Gasteiger partial charge on any atom is 0.226 e. The molecule has 2 aromatic rings. The summed E-state index contributed by atoms with van der Waals surface area (Å²) in [5, 5.41) is 2.80. The van der Waals surface area contributed by atoms with Gasteiger partial charge in [-0.25, -0.2) is 0 Å². The van der Waals surface area contributed by atoms with E-state index in [4.69, 9.17) is 0 Å². The number of amides is 2. The fraction of sp³-hybridized carbons (Fsp3) is 0.348. The molecule has 0 aliphatic rings. The lowest BCUT2D eigenvalue weighted by atomic mass is 10.1. The van der Waals surface area contributed by atoms with Crippen LogP contribution in [0.25, 0.3) is 0 Å². The molecular formula is C23H29N3O3. The van der Waals surface area contributed by atoms with Gasteiger partial charge < -0.3 is 15.1 Å². The van der Waals surface area contributed by atoms with E-state index >= 15 is 0 Å². The molecule has 154 valence electrons. The number of carbonyl (C=O) groups is 3. The van der Waals surface area contributed by atoms with Crippen LogP contribution in [0.15, 0.2) is 48.5 Å². The van der Waals surface area contributed by atoms with Gasteiger partial charge in [0.1, 0.15) is 0 Å². The first kappa shape index (κ1) is 22.1. The third kappa shape index (κ3) is 6.17. The minimum atomic E-state index is -0.188. The summed E-state index contributed by atoms with van der Waals surface area (Å²) in [5.74, 6) is -0.322. The number of ketones is 1. The van der Waals surface area contributed by atoms with Crippen LogP contribution in [0.3, 0.4) is 0 Å². The van der Waals surface area contributed by atoms with Gasteiger partial charge >= 0.3 is 0 Å². The standard InChI is InChI=1S/C23H29N3O3/c1-5-25(6-2)21-11-13-22(14-12-21)26(18(4)28)16-15-23(29)24-20-9-7-19(8-10-20)17(3)27/h7-14H,5-6,15-16H2,1-4H3,(H,24,29). The van der Waals surface area contributed by atoms with Crippen molar-refractivity contribution in [1.29, 1.82) is 0 Å². The van der Waals surface area contributed by atoms with Crippen LogP contribution in [0.2, 0.25) is 0 Å². The molecule has 0 aliphatic carbocycles. The van der Waals surface area contributed by atoms with Gasteiger partial charge in [-0.15, -0.1) is 0 Å². The van der Waals surface area contributed by atoms with Crippen molar-refractivity contribution in [3.05, 3.63) is 54.1 Å². The number of carbonyl (C=O) groups excluding carboxylic acids is 3. The van der Waals surface area contributed by atoms with Crippen LogP contribution in [0.5, 0.6) is 0 Å². The minimum Gasteiger partial charge on any atom is -0.372 e. The zero-order valence-electron chi connectivity index (χ0n) is 17.6. The highest BCUT2D eigenvalue weighted by atomic mass is 16.2. The summed E-state index contributed by atoms with van der Waals surface area (Å²) in [6.45, 7) is 9.32. The fourth-order valence-electron chi connectivity index (χ4n) is 3.13. The number of nitrogens with zero attached hydrogens (tertiary/aromatic N) is 2. The Morgan fingerprint density at radius 2 is 1.38 bits per heavy atom. The molecule has 0 heterocycles. The lowest BCUT2D eigenvalue weighted by Crippen LogP contribution is -2.32. The van der Waals surface area contributed by atoms with Crippen molar-refractivity contribution in [3.63, 3.8) is 0 Å². The number of hydrogen-bond acceptors (Lipinski definition) is 4. The first-order chi connectivity index (χ1) is 13.8. The van der Waals surface area contributed by atoms with Crippen LogP contribution >= 0.6 is 0 Å². The molecule has 2 aromatic carbocycles. The Morgan fingerprint density at radius 1 is 0.828 bits per heavy atom. The molecule has 0 radical (unpaired) electrons. The van der Waals surface area contributed by atoms with Gasteiger partial charge in [-0.05, 0) is 69.3 Å². The Bertz CT molecular complexity index is 841. The molecule has 0 aliphatic heterocycles. The maximum atomic E-state index is 12.3.